The number of carbonyl (C=O) groups excluding carboxylic acids is 1. The van der Waals surface area contributed by atoms with Crippen molar-refractivity contribution >= 4 is 17.7 Å². The molecule has 0 spiro atoms. The number of rotatable bonds is 8. The standard InChI is InChI=1S/C11H21FO2S/c1-4-6-10(11(13)14-3)15-8-5-7-9(2)12/h9-10H,4-8H2,1-3H3. The van der Waals surface area contributed by atoms with Crippen molar-refractivity contribution in [2.24, 2.45) is 0 Å². The van der Waals surface area contributed by atoms with E-state index in [0.29, 0.717) is 6.42 Å². The molecule has 0 bridgehead atoms. The van der Waals surface area contributed by atoms with Crippen LogP contribution < -0.4 is 0 Å². The summed E-state index contributed by atoms with van der Waals surface area (Å²) in [7, 11) is 1.41. The van der Waals surface area contributed by atoms with Crippen LogP contribution in [-0.4, -0.2) is 30.3 Å². The van der Waals surface area contributed by atoms with E-state index in [2.05, 4.69) is 0 Å². The molecule has 15 heavy (non-hydrogen) atoms. The molecule has 0 rings (SSSR count). The zero-order valence-electron chi connectivity index (χ0n) is 9.79. The van der Waals surface area contributed by atoms with Crippen molar-refractivity contribution in [3.63, 3.8) is 0 Å². The molecule has 0 aromatic heterocycles. The highest BCUT2D eigenvalue weighted by molar-refractivity contribution is 8.00. The van der Waals surface area contributed by atoms with Crippen molar-refractivity contribution in [2.45, 2.75) is 51.0 Å². The molecule has 0 saturated heterocycles. The number of hydrogen-bond donors (Lipinski definition) is 0. The van der Waals surface area contributed by atoms with Crippen LogP contribution in [0, 0.1) is 0 Å². The lowest BCUT2D eigenvalue weighted by Gasteiger charge is -2.13. The molecule has 0 amide bonds. The average Bonchev–Trinajstić information content (AvgIpc) is 2.21. The molecule has 0 aliphatic carbocycles. The molecule has 0 heterocycles. The van der Waals surface area contributed by atoms with E-state index in [-0.39, 0.29) is 11.2 Å². The summed E-state index contributed by atoms with van der Waals surface area (Å²) >= 11 is 1.58. The number of ether oxygens (including phenoxy) is 1. The maximum Gasteiger partial charge on any atom is 0.318 e. The van der Waals surface area contributed by atoms with Crippen LogP contribution in [0.25, 0.3) is 0 Å². The number of halogens is 1. The van der Waals surface area contributed by atoms with E-state index < -0.39 is 6.17 Å². The summed E-state index contributed by atoms with van der Waals surface area (Å²) in [5, 5.41) is -0.0742. The molecular formula is C11H21FO2S. The van der Waals surface area contributed by atoms with Gasteiger partial charge < -0.3 is 4.74 Å². The first-order chi connectivity index (χ1) is 7.11. The molecule has 0 aliphatic rings. The van der Waals surface area contributed by atoms with Crippen LogP contribution in [0.1, 0.15) is 39.5 Å². The fraction of sp³-hybridized carbons (Fsp3) is 0.909. The van der Waals surface area contributed by atoms with E-state index >= 15 is 0 Å². The monoisotopic (exact) mass is 236 g/mol. The van der Waals surface area contributed by atoms with Gasteiger partial charge in [-0.15, -0.1) is 11.8 Å². The van der Waals surface area contributed by atoms with Gasteiger partial charge in [-0.2, -0.15) is 0 Å². The Kier molecular flexibility index (Phi) is 8.86. The molecule has 0 aromatic rings. The zero-order valence-corrected chi connectivity index (χ0v) is 10.6. The quantitative estimate of drug-likeness (QED) is 0.478. The van der Waals surface area contributed by atoms with E-state index in [0.717, 1.165) is 25.0 Å². The predicted octanol–water partition coefficient (Wildman–Crippen LogP) is 3.20. The highest BCUT2D eigenvalue weighted by atomic mass is 32.2. The summed E-state index contributed by atoms with van der Waals surface area (Å²) in [6.07, 6.45) is 2.45. The Labute approximate surface area is 96.0 Å². The van der Waals surface area contributed by atoms with Crippen LogP contribution in [-0.2, 0) is 9.53 Å². The van der Waals surface area contributed by atoms with E-state index in [1.165, 1.54) is 7.11 Å². The third-order valence-corrected chi connectivity index (χ3v) is 3.44. The first-order valence-electron chi connectivity index (χ1n) is 5.45. The summed E-state index contributed by atoms with van der Waals surface area (Å²) in [4.78, 5) is 11.3. The Morgan fingerprint density at radius 1 is 1.47 bits per heavy atom. The topological polar surface area (TPSA) is 26.3 Å². The SMILES string of the molecule is CCCC(SCCCC(C)F)C(=O)OC. The Hall–Kier alpha value is -0.250. The van der Waals surface area contributed by atoms with E-state index in [4.69, 9.17) is 4.74 Å². The third-order valence-electron chi connectivity index (χ3n) is 2.08. The van der Waals surface area contributed by atoms with Crippen LogP contribution >= 0.6 is 11.8 Å². The van der Waals surface area contributed by atoms with Crippen molar-refractivity contribution in [3.8, 4) is 0 Å². The fourth-order valence-electron chi connectivity index (χ4n) is 1.25. The maximum absolute atomic E-state index is 12.5. The van der Waals surface area contributed by atoms with Gasteiger partial charge in [-0.3, -0.25) is 4.79 Å². The molecule has 2 atom stereocenters. The molecular weight excluding hydrogens is 215 g/mol. The van der Waals surface area contributed by atoms with Gasteiger partial charge >= 0.3 is 5.97 Å². The van der Waals surface area contributed by atoms with Gasteiger partial charge in [-0.1, -0.05) is 13.3 Å². The van der Waals surface area contributed by atoms with Gasteiger partial charge in [0.25, 0.3) is 0 Å². The number of hydrogen-bond acceptors (Lipinski definition) is 3. The molecule has 0 aliphatic heterocycles. The lowest BCUT2D eigenvalue weighted by Crippen LogP contribution is -2.19. The molecule has 0 radical (unpaired) electrons. The second-order valence-electron chi connectivity index (χ2n) is 3.59. The van der Waals surface area contributed by atoms with Gasteiger partial charge in [-0.25, -0.2) is 4.39 Å². The van der Waals surface area contributed by atoms with Crippen LogP contribution in [0.3, 0.4) is 0 Å². The van der Waals surface area contributed by atoms with Crippen LogP contribution in [0.15, 0.2) is 0 Å². The smallest absolute Gasteiger partial charge is 0.318 e. The summed E-state index contributed by atoms with van der Waals surface area (Å²) in [6.45, 7) is 3.61. The van der Waals surface area contributed by atoms with Crippen LogP contribution in [0.2, 0.25) is 0 Å². The fourth-order valence-corrected chi connectivity index (χ4v) is 2.51. The highest BCUT2D eigenvalue weighted by Gasteiger charge is 2.18. The average molecular weight is 236 g/mol. The Balaban J connectivity index is 3.71. The Morgan fingerprint density at radius 2 is 2.13 bits per heavy atom. The molecule has 2 unspecified atom stereocenters. The van der Waals surface area contributed by atoms with Crippen molar-refractivity contribution in [1.82, 2.24) is 0 Å². The highest BCUT2D eigenvalue weighted by Crippen LogP contribution is 2.19. The van der Waals surface area contributed by atoms with Gasteiger partial charge in [0, 0.05) is 0 Å². The second-order valence-corrected chi connectivity index (χ2v) is 4.90. The molecule has 2 nitrogen and oxygen atoms in total. The van der Waals surface area contributed by atoms with Crippen LogP contribution in [0.4, 0.5) is 4.39 Å². The molecule has 90 valence electrons. The van der Waals surface area contributed by atoms with Gasteiger partial charge in [0.2, 0.25) is 0 Å². The maximum atomic E-state index is 12.5. The lowest BCUT2D eigenvalue weighted by molar-refractivity contribution is -0.140. The van der Waals surface area contributed by atoms with Gasteiger partial charge in [0.15, 0.2) is 0 Å². The molecule has 0 N–H and O–H groups in total. The van der Waals surface area contributed by atoms with Gasteiger partial charge in [0.05, 0.1) is 13.3 Å². The van der Waals surface area contributed by atoms with Crippen molar-refractivity contribution < 1.29 is 13.9 Å². The second kappa shape index (κ2) is 9.01. The minimum absolute atomic E-state index is 0.0742. The number of methoxy groups -OCH3 is 1. The van der Waals surface area contributed by atoms with Crippen molar-refractivity contribution in [3.05, 3.63) is 0 Å². The first kappa shape index (κ1) is 14.8. The Bertz CT molecular complexity index is 174. The molecule has 0 aromatic carbocycles. The lowest BCUT2D eigenvalue weighted by atomic mass is 10.2. The third kappa shape index (κ3) is 7.65. The summed E-state index contributed by atoms with van der Waals surface area (Å²) in [5.41, 5.74) is 0. The van der Waals surface area contributed by atoms with Crippen molar-refractivity contribution in [1.29, 1.82) is 0 Å². The number of carbonyl (C=O) groups is 1. The molecule has 0 fully saturated rings. The molecule has 0 saturated carbocycles. The zero-order chi connectivity index (χ0) is 11.7. The predicted molar refractivity (Wildman–Crippen MR) is 63.0 cm³/mol. The number of esters is 1. The summed E-state index contributed by atoms with van der Waals surface area (Å²) in [6, 6.07) is 0. The summed E-state index contributed by atoms with van der Waals surface area (Å²) < 4.78 is 17.2. The molecule has 4 heteroatoms. The minimum Gasteiger partial charge on any atom is -0.468 e. The van der Waals surface area contributed by atoms with Gasteiger partial charge in [0.1, 0.15) is 5.25 Å². The van der Waals surface area contributed by atoms with E-state index in [1.54, 1.807) is 18.7 Å². The summed E-state index contributed by atoms with van der Waals surface area (Å²) in [5.74, 6) is 0.670. The normalized spacial score (nSPS) is 14.7. The first-order valence-corrected chi connectivity index (χ1v) is 6.50. The largest absolute Gasteiger partial charge is 0.468 e. The minimum atomic E-state index is -0.742. The Morgan fingerprint density at radius 3 is 2.60 bits per heavy atom. The van der Waals surface area contributed by atoms with E-state index in [9.17, 15) is 9.18 Å². The van der Waals surface area contributed by atoms with Crippen molar-refractivity contribution in [2.75, 3.05) is 12.9 Å². The van der Waals surface area contributed by atoms with Gasteiger partial charge in [-0.05, 0) is 31.9 Å². The number of alkyl halides is 1. The van der Waals surface area contributed by atoms with Crippen LogP contribution in [0.5, 0.6) is 0 Å². The number of thioether (sulfide) groups is 1. The van der Waals surface area contributed by atoms with E-state index in [1.807, 2.05) is 6.92 Å².